The number of benzene rings is 2. The van der Waals surface area contributed by atoms with Gasteiger partial charge < -0.3 is 25.0 Å². The molecule has 0 spiro atoms. The molecule has 0 bridgehead atoms. The van der Waals surface area contributed by atoms with Crippen molar-refractivity contribution in [1.82, 2.24) is 19.8 Å². The van der Waals surface area contributed by atoms with E-state index >= 15 is 0 Å². The van der Waals surface area contributed by atoms with E-state index < -0.39 is 11.4 Å². The molecule has 5 rings (SSSR count). The molecular formula is C31H36ClFN6O4. The minimum atomic E-state index is -0.528. The van der Waals surface area contributed by atoms with Crippen molar-refractivity contribution < 1.29 is 23.5 Å². The molecule has 3 aromatic rings. The second-order valence-corrected chi connectivity index (χ2v) is 12.2. The fourth-order valence-electron chi connectivity index (χ4n) is 4.53. The molecule has 2 N–H and O–H groups in total. The van der Waals surface area contributed by atoms with E-state index in [9.17, 15) is 14.0 Å². The maximum Gasteiger partial charge on any atom is 0.410 e. The van der Waals surface area contributed by atoms with Gasteiger partial charge in [-0.3, -0.25) is 9.69 Å². The van der Waals surface area contributed by atoms with Crippen molar-refractivity contribution in [3.05, 3.63) is 59.7 Å². The number of anilines is 3. The molecule has 1 aliphatic heterocycles. The van der Waals surface area contributed by atoms with Crippen LogP contribution in [0.5, 0.6) is 5.75 Å². The number of amides is 2. The van der Waals surface area contributed by atoms with Crippen molar-refractivity contribution in [1.29, 1.82) is 0 Å². The Balaban J connectivity index is 1.25. The number of carbonyl (C=O) groups is 2. The van der Waals surface area contributed by atoms with Crippen molar-refractivity contribution in [3.8, 4) is 5.75 Å². The number of hydrogen-bond acceptors (Lipinski definition) is 8. The predicted molar refractivity (Wildman–Crippen MR) is 164 cm³/mol. The molecular weight excluding hydrogens is 575 g/mol. The van der Waals surface area contributed by atoms with Crippen LogP contribution in [0.25, 0.3) is 10.9 Å². The molecule has 43 heavy (non-hydrogen) atoms. The summed E-state index contributed by atoms with van der Waals surface area (Å²) in [6, 6.07) is 7.87. The second-order valence-electron chi connectivity index (χ2n) is 11.8. The lowest BCUT2D eigenvalue weighted by atomic mass is 10.1. The Morgan fingerprint density at radius 3 is 2.58 bits per heavy atom. The zero-order chi connectivity index (χ0) is 30.6. The molecule has 0 atom stereocenters. The highest BCUT2D eigenvalue weighted by Crippen LogP contribution is 2.36. The lowest BCUT2D eigenvalue weighted by Crippen LogP contribution is -2.49. The Bertz CT molecular complexity index is 1520. The fourth-order valence-corrected chi connectivity index (χ4v) is 4.71. The largest absolute Gasteiger partial charge is 0.491 e. The number of hydrogen-bond donors (Lipinski definition) is 2. The lowest BCUT2D eigenvalue weighted by molar-refractivity contribution is -0.111. The number of halogens is 2. The van der Waals surface area contributed by atoms with E-state index in [4.69, 9.17) is 21.1 Å². The summed E-state index contributed by atoms with van der Waals surface area (Å²) in [7, 11) is 0. The molecule has 1 saturated carbocycles. The Labute approximate surface area is 255 Å². The average Bonchev–Trinajstić information content (AvgIpc) is 3.78. The van der Waals surface area contributed by atoms with Crippen molar-refractivity contribution in [2.24, 2.45) is 5.92 Å². The predicted octanol–water partition coefficient (Wildman–Crippen LogP) is 6.00. The van der Waals surface area contributed by atoms with E-state index in [1.165, 1.54) is 24.5 Å². The zero-order valence-corrected chi connectivity index (χ0v) is 25.3. The highest BCUT2D eigenvalue weighted by atomic mass is 35.5. The van der Waals surface area contributed by atoms with E-state index in [2.05, 4.69) is 25.5 Å². The van der Waals surface area contributed by atoms with Crippen LogP contribution in [0.3, 0.4) is 0 Å². The first-order valence-electron chi connectivity index (χ1n) is 14.4. The van der Waals surface area contributed by atoms with Gasteiger partial charge in [0.15, 0.2) is 0 Å². The van der Waals surface area contributed by atoms with Gasteiger partial charge in [0, 0.05) is 55.9 Å². The number of piperazine rings is 1. The fraction of sp³-hybridized carbons (Fsp3) is 0.419. The first-order chi connectivity index (χ1) is 20.5. The number of aromatic nitrogens is 2. The summed E-state index contributed by atoms with van der Waals surface area (Å²) < 4.78 is 25.2. The first-order valence-corrected chi connectivity index (χ1v) is 14.7. The maximum atomic E-state index is 13.7. The Hall–Kier alpha value is -3.96. The standard InChI is InChI=1S/C31H36ClFN6O4/c1-31(2,3)43-30(41)39-13-11-38(12-14-39)10-4-5-28(40)37-26-16-22-25(17-27(26)42-18-20-6-7-20)34-19-35-29(22)36-21-8-9-24(33)23(32)15-21/h4-5,8-9,15-17,19-20H,6-7,10-14,18H2,1-3H3,(H,37,40)(H,34,35,36). The summed E-state index contributed by atoms with van der Waals surface area (Å²) in [5.74, 6) is 0.686. The monoisotopic (exact) mass is 610 g/mol. The molecule has 2 amide bonds. The topological polar surface area (TPSA) is 109 Å². The Morgan fingerprint density at radius 2 is 1.88 bits per heavy atom. The van der Waals surface area contributed by atoms with E-state index in [0.29, 0.717) is 79.1 Å². The molecule has 2 aromatic carbocycles. The summed E-state index contributed by atoms with van der Waals surface area (Å²) in [6.07, 6.45) is 6.67. The van der Waals surface area contributed by atoms with Crippen LogP contribution in [0.1, 0.15) is 33.6 Å². The number of fused-ring (bicyclic) bond motifs is 1. The molecule has 2 heterocycles. The van der Waals surface area contributed by atoms with Gasteiger partial charge in [-0.1, -0.05) is 17.7 Å². The van der Waals surface area contributed by atoms with Gasteiger partial charge >= 0.3 is 6.09 Å². The summed E-state index contributed by atoms with van der Waals surface area (Å²) in [5, 5.41) is 6.73. The molecule has 1 aliphatic carbocycles. The summed E-state index contributed by atoms with van der Waals surface area (Å²) in [6.45, 7) is 9.19. The van der Waals surface area contributed by atoms with Crippen molar-refractivity contribution >= 4 is 51.7 Å². The van der Waals surface area contributed by atoms with Gasteiger partial charge in [-0.25, -0.2) is 19.2 Å². The van der Waals surface area contributed by atoms with Gasteiger partial charge in [0.2, 0.25) is 5.91 Å². The second kappa shape index (κ2) is 13.1. The summed E-state index contributed by atoms with van der Waals surface area (Å²) in [5.41, 5.74) is 1.14. The van der Waals surface area contributed by atoms with Crippen LogP contribution < -0.4 is 15.4 Å². The lowest BCUT2D eigenvalue weighted by Gasteiger charge is -2.35. The number of ether oxygens (including phenoxy) is 2. The van der Waals surface area contributed by atoms with Crippen LogP contribution in [-0.2, 0) is 9.53 Å². The van der Waals surface area contributed by atoms with Gasteiger partial charge in [0.25, 0.3) is 0 Å². The molecule has 2 aliphatic rings. The number of nitrogens with zero attached hydrogens (tertiary/aromatic N) is 4. The minimum absolute atomic E-state index is 0.0104. The van der Waals surface area contributed by atoms with E-state index in [1.54, 1.807) is 29.2 Å². The average molecular weight is 611 g/mol. The summed E-state index contributed by atoms with van der Waals surface area (Å²) >= 11 is 5.96. The summed E-state index contributed by atoms with van der Waals surface area (Å²) in [4.78, 5) is 37.9. The van der Waals surface area contributed by atoms with Crippen molar-refractivity contribution in [2.45, 2.75) is 39.2 Å². The van der Waals surface area contributed by atoms with E-state index in [0.717, 1.165) is 12.8 Å². The molecule has 2 fully saturated rings. The molecule has 1 aromatic heterocycles. The third-order valence-electron chi connectivity index (χ3n) is 7.01. The van der Waals surface area contributed by atoms with E-state index in [1.807, 2.05) is 20.8 Å². The molecule has 10 nitrogen and oxygen atoms in total. The van der Waals surface area contributed by atoms with Gasteiger partial charge in [0.05, 0.1) is 22.8 Å². The molecule has 12 heteroatoms. The Morgan fingerprint density at radius 1 is 1.12 bits per heavy atom. The van der Waals surface area contributed by atoms with Gasteiger partial charge in [-0.15, -0.1) is 0 Å². The third-order valence-corrected chi connectivity index (χ3v) is 7.29. The maximum absolute atomic E-state index is 13.7. The van der Waals surface area contributed by atoms with Gasteiger partial charge in [-0.2, -0.15) is 0 Å². The van der Waals surface area contributed by atoms with Gasteiger partial charge in [-0.05, 0) is 63.8 Å². The number of rotatable bonds is 9. The number of carbonyl (C=O) groups excluding carboxylic acids is 2. The zero-order valence-electron chi connectivity index (χ0n) is 24.5. The molecule has 0 unspecified atom stereocenters. The number of nitrogens with one attached hydrogen (secondary N) is 2. The van der Waals surface area contributed by atoms with Crippen LogP contribution in [0, 0.1) is 11.7 Å². The Kier molecular flexibility index (Phi) is 9.31. The molecule has 1 saturated heterocycles. The van der Waals surface area contributed by atoms with Crippen LogP contribution in [0.2, 0.25) is 5.02 Å². The first kappa shape index (κ1) is 30.5. The van der Waals surface area contributed by atoms with Crippen LogP contribution in [0.15, 0.2) is 48.8 Å². The minimum Gasteiger partial charge on any atom is -0.491 e. The smallest absolute Gasteiger partial charge is 0.410 e. The van der Waals surface area contributed by atoms with Crippen molar-refractivity contribution in [3.63, 3.8) is 0 Å². The van der Waals surface area contributed by atoms with Gasteiger partial charge in [0.1, 0.15) is 29.3 Å². The van der Waals surface area contributed by atoms with Crippen LogP contribution in [-0.4, -0.2) is 76.7 Å². The normalized spacial score (nSPS) is 16.0. The SMILES string of the molecule is CC(C)(C)OC(=O)N1CCN(CC=CC(=O)Nc2cc3c(Nc4ccc(F)c(Cl)c4)ncnc3cc2OCC2CC2)CC1. The highest BCUT2D eigenvalue weighted by molar-refractivity contribution is 6.31. The van der Waals surface area contributed by atoms with Crippen LogP contribution >= 0.6 is 11.6 Å². The third kappa shape index (κ3) is 8.55. The quantitative estimate of drug-likeness (QED) is 0.284. The van der Waals surface area contributed by atoms with Crippen molar-refractivity contribution in [2.75, 3.05) is 50.0 Å². The highest BCUT2D eigenvalue weighted by Gasteiger charge is 2.26. The van der Waals surface area contributed by atoms with E-state index in [-0.39, 0.29) is 17.0 Å². The molecule has 228 valence electrons. The molecule has 0 radical (unpaired) electrons. The van der Waals surface area contributed by atoms with Crippen LogP contribution in [0.4, 0.5) is 26.4 Å².